The standard InChI is InChI=1S/C11H10N2O4/c1-7-4-8(11(14)15)2-3-9(7)16-5-10-12-6-17-13-10/h2-4,6H,5H2,1H3,(H,14,15). The minimum atomic E-state index is -0.960. The van der Waals surface area contributed by atoms with Crippen molar-refractivity contribution < 1.29 is 19.2 Å². The number of hydrogen-bond donors (Lipinski definition) is 1. The van der Waals surface area contributed by atoms with Crippen molar-refractivity contribution in [3.05, 3.63) is 41.5 Å². The molecule has 0 aliphatic rings. The largest absolute Gasteiger partial charge is 0.485 e. The molecule has 0 aliphatic carbocycles. The zero-order valence-corrected chi connectivity index (χ0v) is 9.08. The summed E-state index contributed by atoms with van der Waals surface area (Å²) in [7, 11) is 0. The number of ether oxygens (including phenoxy) is 1. The van der Waals surface area contributed by atoms with E-state index in [4.69, 9.17) is 9.84 Å². The average molecular weight is 234 g/mol. The fourth-order valence-corrected chi connectivity index (χ4v) is 1.34. The first kappa shape index (κ1) is 11.1. The number of aromatic nitrogens is 2. The van der Waals surface area contributed by atoms with Crippen molar-refractivity contribution in [3.8, 4) is 5.75 Å². The number of benzene rings is 1. The van der Waals surface area contributed by atoms with E-state index in [0.29, 0.717) is 11.6 Å². The zero-order chi connectivity index (χ0) is 12.3. The number of carboxylic acid groups (broad SMARTS) is 1. The van der Waals surface area contributed by atoms with Crippen molar-refractivity contribution in [2.24, 2.45) is 0 Å². The van der Waals surface area contributed by atoms with E-state index in [1.54, 1.807) is 19.1 Å². The van der Waals surface area contributed by atoms with Crippen LogP contribution in [0.2, 0.25) is 0 Å². The van der Waals surface area contributed by atoms with Gasteiger partial charge in [-0.25, -0.2) is 4.79 Å². The van der Waals surface area contributed by atoms with Crippen LogP contribution in [0.5, 0.6) is 5.75 Å². The fourth-order valence-electron chi connectivity index (χ4n) is 1.34. The molecule has 88 valence electrons. The van der Waals surface area contributed by atoms with E-state index >= 15 is 0 Å². The second-order valence-electron chi connectivity index (χ2n) is 3.42. The van der Waals surface area contributed by atoms with Crippen LogP contribution in [0.3, 0.4) is 0 Å². The van der Waals surface area contributed by atoms with Crippen molar-refractivity contribution in [1.29, 1.82) is 0 Å². The van der Waals surface area contributed by atoms with Gasteiger partial charge in [0.1, 0.15) is 5.75 Å². The van der Waals surface area contributed by atoms with E-state index in [0.717, 1.165) is 5.56 Å². The van der Waals surface area contributed by atoms with Crippen molar-refractivity contribution in [2.75, 3.05) is 0 Å². The van der Waals surface area contributed by atoms with Crippen LogP contribution in [-0.2, 0) is 6.61 Å². The molecule has 0 radical (unpaired) electrons. The molecule has 0 amide bonds. The van der Waals surface area contributed by atoms with Crippen molar-refractivity contribution in [3.63, 3.8) is 0 Å². The first-order chi connectivity index (χ1) is 8.16. The fraction of sp³-hybridized carbons (Fsp3) is 0.182. The third-order valence-electron chi connectivity index (χ3n) is 2.19. The molecule has 2 rings (SSSR count). The lowest BCUT2D eigenvalue weighted by Gasteiger charge is -2.07. The molecule has 1 aromatic carbocycles. The maximum absolute atomic E-state index is 10.7. The molecule has 0 aliphatic heterocycles. The molecular weight excluding hydrogens is 224 g/mol. The van der Waals surface area contributed by atoms with Crippen molar-refractivity contribution in [1.82, 2.24) is 10.1 Å². The lowest BCUT2D eigenvalue weighted by atomic mass is 10.1. The number of carboxylic acids is 1. The van der Waals surface area contributed by atoms with Crippen molar-refractivity contribution >= 4 is 5.97 Å². The second kappa shape index (κ2) is 4.65. The maximum atomic E-state index is 10.7. The van der Waals surface area contributed by atoms with E-state index < -0.39 is 5.97 Å². The molecule has 17 heavy (non-hydrogen) atoms. The highest BCUT2D eigenvalue weighted by Crippen LogP contribution is 2.19. The quantitative estimate of drug-likeness (QED) is 0.865. The average Bonchev–Trinajstić information content (AvgIpc) is 2.80. The molecule has 0 unspecified atom stereocenters. The van der Waals surface area contributed by atoms with E-state index in [-0.39, 0.29) is 12.2 Å². The zero-order valence-electron chi connectivity index (χ0n) is 9.08. The molecule has 2 aromatic rings. The van der Waals surface area contributed by atoms with Gasteiger partial charge in [-0.05, 0) is 30.7 Å². The van der Waals surface area contributed by atoms with Gasteiger partial charge >= 0.3 is 5.97 Å². The molecule has 0 bridgehead atoms. The molecule has 1 N–H and O–H groups in total. The van der Waals surface area contributed by atoms with Crippen LogP contribution in [0.4, 0.5) is 0 Å². The SMILES string of the molecule is Cc1cc(C(=O)O)ccc1OCc1ncon1. The summed E-state index contributed by atoms with van der Waals surface area (Å²) in [5.74, 6) is 0.0735. The van der Waals surface area contributed by atoms with Crippen LogP contribution in [0, 0.1) is 6.92 Å². The molecule has 6 heteroatoms. The van der Waals surface area contributed by atoms with Gasteiger partial charge in [-0.15, -0.1) is 0 Å². The van der Waals surface area contributed by atoms with Crippen LogP contribution < -0.4 is 4.74 Å². The summed E-state index contributed by atoms with van der Waals surface area (Å²) >= 11 is 0. The lowest BCUT2D eigenvalue weighted by molar-refractivity contribution is 0.0696. The summed E-state index contributed by atoms with van der Waals surface area (Å²) in [4.78, 5) is 14.5. The number of rotatable bonds is 4. The summed E-state index contributed by atoms with van der Waals surface area (Å²) in [5.41, 5.74) is 0.975. The minimum Gasteiger partial charge on any atom is -0.485 e. The van der Waals surface area contributed by atoms with Gasteiger partial charge in [0.15, 0.2) is 6.61 Å². The molecule has 0 spiro atoms. The minimum absolute atomic E-state index is 0.184. The van der Waals surface area contributed by atoms with Gasteiger partial charge in [0.2, 0.25) is 12.2 Å². The summed E-state index contributed by atoms with van der Waals surface area (Å²) in [6.07, 6.45) is 1.22. The Labute approximate surface area is 96.8 Å². The third-order valence-corrected chi connectivity index (χ3v) is 2.19. The van der Waals surface area contributed by atoms with Gasteiger partial charge in [0, 0.05) is 0 Å². The Morgan fingerprint density at radius 2 is 2.35 bits per heavy atom. The Kier molecular flexibility index (Phi) is 3.04. The second-order valence-corrected chi connectivity index (χ2v) is 3.42. The summed E-state index contributed by atoms with van der Waals surface area (Å²) in [6, 6.07) is 4.65. The molecule has 0 fully saturated rings. The summed E-state index contributed by atoms with van der Waals surface area (Å²) in [5, 5.41) is 12.4. The van der Waals surface area contributed by atoms with E-state index in [9.17, 15) is 4.79 Å². The first-order valence-corrected chi connectivity index (χ1v) is 4.89. The number of hydrogen-bond acceptors (Lipinski definition) is 5. The van der Waals surface area contributed by atoms with Gasteiger partial charge in [-0.1, -0.05) is 5.16 Å². The topological polar surface area (TPSA) is 85.5 Å². The molecule has 6 nitrogen and oxygen atoms in total. The van der Waals surface area contributed by atoms with Crippen LogP contribution in [-0.4, -0.2) is 21.2 Å². The van der Waals surface area contributed by atoms with E-state index in [2.05, 4.69) is 14.7 Å². The highest BCUT2D eigenvalue weighted by atomic mass is 16.5. The maximum Gasteiger partial charge on any atom is 0.335 e. The molecule has 1 aromatic heterocycles. The monoisotopic (exact) mass is 234 g/mol. The lowest BCUT2D eigenvalue weighted by Crippen LogP contribution is -2.01. The Bertz CT molecular complexity index is 522. The normalized spacial score (nSPS) is 10.2. The first-order valence-electron chi connectivity index (χ1n) is 4.89. The van der Waals surface area contributed by atoms with Crippen LogP contribution >= 0.6 is 0 Å². The number of aromatic carboxylic acids is 1. The van der Waals surface area contributed by atoms with E-state index in [1.807, 2.05) is 0 Å². The highest BCUT2D eigenvalue weighted by Gasteiger charge is 2.07. The number of carbonyl (C=O) groups is 1. The molecule has 0 saturated heterocycles. The predicted octanol–water partition coefficient (Wildman–Crippen LogP) is 1.66. The Morgan fingerprint density at radius 3 is 2.94 bits per heavy atom. The molecular formula is C11H10N2O4. The third kappa shape index (κ3) is 2.60. The number of aryl methyl sites for hydroxylation is 1. The van der Waals surface area contributed by atoms with Gasteiger partial charge in [0.25, 0.3) is 0 Å². The molecule has 0 atom stereocenters. The Morgan fingerprint density at radius 1 is 1.53 bits per heavy atom. The van der Waals surface area contributed by atoms with Crippen molar-refractivity contribution in [2.45, 2.75) is 13.5 Å². The summed E-state index contributed by atoms with van der Waals surface area (Å²) < 4.78 is 10.0. The summed E-state index contributed by atoms with van der Waals surface area (Å²) in [6.45, 7) is 1.96. The van der Waals surface area contributed by atoms with Gasteiger partial charge in [-0.3, -0.25) is 0 Å². The highest BCUT2D eigenvalue weighted by molar-refractivity contribution is 5.88. The van der Waals surface area contributed by atoms with Crippen LogP contribution in [0.1, 0.15) is 21.7 Å². The van der Waals surface area contributed by atoms with Gasteiger partial charge in [-0.2, -0.15) is 4.98 Å². The Hall–Kier alpha value is -2.37. The predicted molar refractivity (Wildman–Crippen MR) is 56.8 cm³/mol. The van der Waals surface area contributed by atoms with Crippen LogP contribution in [0.25, 0.3) is 0 Å². The Balaban J connectivity index is 2.09. The molecule has 0 saturated carbocycles. The smallest absolute Gasteiger partial charge is 0.335 e. The van der Waals surface area contributed by atoms with Crippen LogP contribution in [0.15, 0.2) is 29.1 Å². The van der Waals surface area contributed by atoms with E-state index in [1.165, 1.54) is 12.5 Å². The van der Waals surface area contributed by atoms with Gasteiger partial charge in [0.05, 0.1) is 5.56 Å². The number of nitrogens with zero attached hydrogens (tertiary/aromatic N) is 2. The van der Waals surface area contributed by atoms with Gasteiger partial charge < -0.3 is 14.4 Å². The molecule has 1 heterocycles.